The van der Waals surface area contributed by atoms with E-state index in [0.29, 0.717) is 0 Å². The molecule has 3 aromatic rings. The fourth-order valence-corrected chi connectivity index (χ4v) is 3.63. The van der Waals surface area contributed by atoms with Crippen LogP contribution in [-0.2, 0) is 4.79 Å². The Morgan fingerprint density at radius 1 is 1.12 bits per heavy atom. The molecule has 4 nitrogen and oxygen atoms in total. The maximum atomic E-state index is 11.5. The van der Waals surface area contributed by atoms with Gasteiger partial charge in [-0.3, -0.25) is 9.36 Å². The van der Waals surface area contributed by atoms with Crippen LogP contribution in [0.25, 0.3) is 16.9 Å². The zero-order chi connectivity index (χ0) is 18.0. The van der Waals surface area contributed by atoms with Gasteiger partial charge in [0.1, 0.15) is 0 Å². The monoisotopic (exact) mass is 351 g/mol. The smallest absolute Gasteiger partial charge is 0.230 e. The van der Waals surface area contributed by atoms with Crippen LogP contribution in [0.1, 0.15) is 18.1 Å². The predicted octanol–water partition coefficient (Wildman–Crippen LogP) is 4.12. The van der Waals surface area contributed by atoms with Crippen LogP contribution in [-0.4, -0.2) is 20.7 Å². The lowest BCUT2D eigenvalue weighted by Gasteiger charge is -2.15. The van der Waals surface area contributed by atoms with E-state index >= 15 is 0 Å². The first-order chi connectivity index (χ1) is 12.0. The Kier molecular flexibility index (Phi) is 4.95. The van der Waals surface area contributed by atoms with Crippen molar-refractivity contribution in [3.63, 3.8) is 0 Å². The third-order valence-electron chi connectivity index (χ3n) is 3.95. The van der Waals surface area contributed by atoms with Crippen LogP contribution >= 0.6 is 11.8 Å². The van der Waals surface area contributed by atoms with E-state index in [9.17, 15) is 4.79 Å². The van der Waals surface area contributed by atoms with Gasteiger partial charge in [0.15, 0.2) is 5.16 Å². The minimum absolute atomic E-state index is 0.346. The third-order valence-corrected chi connectivity index (χ3v) is 5.03. The van der Waals surface area contributed by atoms with Crippen molar-refractivity contribution in [2.24, 2.45) is 5.73 Å². The summed E-state index contributed by atoms with van der Waals surface area (Å²) in [6, 6.07) is 16.5. The Morgan fingerprint density at radius 2 is 1.76 bits per heavy atom. The number of hydrogen-bond acceptors (Lipinski definition) is 3. The van der Waals surface area contributed by atoms with E-state index in [4.69, 9.17) is 5.73 Å². The molecule has 0 spiro atoms. The van der Waals surface area contributed by atoms with Crippen molar-refractivity contribution in [3.8, 4) is 16.9 Å². The molecule has 3 rings (SSSR count). The van der Waals surface area contributed by atoms with Crippen LogP contribution in [0.2, 0.25) is 0 Å². The lowest BCUT2D eigenvalue weighted by Crippen LogP contribution is -2.23. The zero-order valence-corrected chi connectivity index (χ0v) is 15.4. The van der Waals surface area contributed by atoms with E-state index in [0.717, 1.165) is 22.1 Å². The molecule has 0 fully saturated rings. The van der Waals surface area contributed by atoms with Crippen LogP contribution in [0, 0.1) is 13.8 Å². The number of imidazole rings is 1. The van der Waals surface area contributed by atoms with Gasteiger partial charge in [-0.05, 0) is 44.0 Å². The highest BCUT2D eigenvalue weighted by atomic mass is 32.2. The third kappa shape index (κ3) is 3.77. The summed E-state index contributed by atoms with van der Waals surface area (Å²) in [5.74, 6) is -0.346. The number of aromatic nitrogens is 2. The molecule has 2 aromatic carbocycles. The highest BCUT2D eigenvalue weighted by molar-refractivity contribution is 8.00. The van der Waals surface area contributed by atoms with Crippen molar-refractivity contribution in [1.29, 1.82) is 0 Å². The number of carbonyl (C=O) groups is 1. The van der Waals surface area contributed by atoms with Crippen LogP contribution in [0.15, 0.2) is 59.9 Å². The number of rotatable bonds is 5. The topological polar surface area (TPSA) is 60.9 Å². The van der Waals surface area contributed by atoms with Gasteiger partial charge >= 0.3 is 0 Å². The molecule has 0 saturated heterocycles. The molecule has 0 aliphatic rings. The van der Waals surface area contributed by atoms with E-state index in [1.807, 2.05) is 24.4 Å². The Morgan fingerprint density at radius 3 is 2.36 bits per heavy atom. The first-order valence-electron chi connectivity index (χ1n) is 8.13. The molecule has 0 radical (unpaired) electrons. The van der Waals surface area contributed by atoms with Gasteiger partial charge in [-0.25, -0.2) is 4.98 Å². The Labute approximate surface area is 152 Å². The molecule has 0 aliphatic heterocycles. The molecule has 1 heterocycles. The molecule has 1 atom stereocenters. The van der Waals surface area contributed by atoms with Crippen LogP contribution in [0.3, 0.4) is 0 Å². The summed E-state index contributed by atoms with van der Waals surface area (Å²) in [6.07, 6.45) is 1.85. The molecular weight excluding hydrogens is 330 g/mol. The van der Waals surface area contributed by atoms with Gasteiger partial charge in [0.2, 0.25) is 5.91 Å². The molecular formula is C20H21N3OS. The van der Waals surface area contributed by atoms with Crippen LogP contribution in [0.4, 0.5) is 0 Å². The Balaban J connectivity index is 2.17. The number of nitrogens with zero attached hydrogens (tertiary/aromatic N) is 2. The fraction of sp³-hybridized carbons (Fsp3) is 0.200. The number of primary amides is 1. The number of thioether (sulfide) groups is 1. The van der Waals surface area contributed by atoms with Crippen molar-refractivity contribution in [3.05, 3.63) is 65.9 Å². The largest absolute Gasteiger partial charge is 0.369 e. The van der Waals surface area contributed by atoms with Gasteiger partial charge in [-0.1, -0.05) is 48.2 Å². The number of aryl methyl sites for hydroxylation is 2. The van der Waals surface area contributed by atoms with E-state index in [1.54, 1.807) is 6.92 Å². The van der Waals surface area contributed by atoms with Gasteiger partial charge in [-0.15, -0.1) is 0 Å². The molecule has 0 bridgehead atoms. The lowest BCUT2D eigenvalue weighted by atomic mass is 10.1. The van der Waals surface area contributed by atoms with Gasteiger partial charge in [-0.2, -0.15) is 0 Å². The standard InChI is InChI=1S/C20H21N3OS/c1-13-9-14(2)11-17(10-13)23-18(16-7-5-4-6-8-16)12-22-20(23)25-15(3)19(21)24/h4-12,15H,1-3H3,(H2,21,24). The summed E-state index contributed by atoms with van der Waals surface area (Å²) in [5, 5.41) is 0.408. The Hall–Kier alpha value is -2.53. The fourth-order valence-electron chi connectivity index (χ4n) is 2.78. The second-order valence-electron chi connectivity index (χ2n) is 6.14. The van der Waals surface area contributed by atoms with Gasteiger partial charge in [0.05, 0.1) is 17.1 Å². The second kappa shape index (κ2) is 7.15. The Bertz CT molecular complexity index is 882. The predicted molar refractivity (Wildman–Crippen MR) is 103 cm³/mol. The molecule has 1 amide bonds. The summed E-state index contributed by atoms with van der Waals surface area (Å²) in [7, 11) is 0. The highest BCUT2D eigenvalue weighted by Gasteiger charge is 2.19. The first kappa shape index (κ1) is 17.3. The minimum atomic E-state index is -0.351. The van der Waals surface area contributed by atoms with Crippen molar-refractivity contribution in [2.45, 2.75) is 31.2 Å². The van der Waals surface area contributed by atoms with E-state index < -0.39 is 0 Å². The number of nitrogens with two attached hydrogens (primary N) is 1. The van der Waals surface area contributed by atoms with Crippen LogP contribution < -0.4 is 5.73 Å². The summed E-state index contributed by atoms with van der Waals surface area (Å²) >= 11 is 1.38. The summed E-state index contributed by atoms with van der Waals surface area (Å²) in [4.78, 5) is 16.1. The minimum Gasteiger partial charge on any atom is -0.369 e. The average Bonchev–Trinajstić information content (AvgIpc) is 2.98. The number of amides is 1. The normalized spacial score (nSPS) is 12.1. The van der Waals surface area contributed by atoms with Gasteiger partial charge in [0, 0.05) is 11.3 Å². The molecule has 128 valence electrons. The summed E-state index contributed by atoms with van der Waals surface area (Å²) in [5.41, 5.74) is 10.9. The van der Waals surface area contributed by atoms with E-state index in [2.05, 4.69) is 53.7 Å². The summed E-state index contributed by atoms with van der Waals surface area (Å²) in [6.45, 7) is 5.96. The maximum Gasteiger partial charge on any atom is 0.230 e. The SMILES string of the molecule is Cc1cc(C)cc(-n2c(-c3ccccc3)cnc2SC(C)C(N)=O)c1. The second-order valence-corrected chi connectivity index (χ2v) is 7.44. The van der Waals surface area contributed by atoms with Gasteiger partial charge < -0.3 is 5.73 Å². The molecule has 0 aliphatic carbocycles. The molecule has 2 N–H and O–H groups in total. The van der Waals surface area contributed by atoms with Crippen molar-refractivity contribution >= 4 is 17.7 Å². The lowest BCUT2D eigenvalue weighted by molar-refractivity contribution is -0.117. The van der Waals surface area contributed by atoms with E-state index in [1.165, 1.54) is 22.9 Å². The summed E-state index contributed by atoms with van der Waals surface area (Å²) < 4.78 is 2.10. The molecule has 25 heavy (non-hydrogen) atoms. The maximum absolute atomic E-state index is 11.5. The molecule has 0 saturated carbocycles. The van der Waals surface area contributed by atoms with E-state index in [-0.39, 0.29) is 11.2 Å². The van der Waals surface area contributed by atoms with Gasteiger partial charge in [0.25, 0.3) is 0 Å². The van der Waals surface area contributed by atoms with Crippen molar-refractivity contribution < 1.29 is 4.79 Å². The first-order valence-corrected chi connectivity index (χ1v) is 9.01. The molecule has 1 aromatic heterocycles. The number of benzene rings is 2. The van der Waals surface area contributed by atoms with Crippen LogP contribution in [0.5, 0.6) is 0 Å². The molecule has 1 unspecified atom stereocenters. The quantitative estimate of drug-likeness (QED) is 0.703. The number of hydrogen-bond donors (Lipinski definition) is 1. The zero-order valence-electron chi connectivity index (χ0n) is 14.6. The number of carbonyl (C=O) groups excluding carboxylic acids is 1. The average molecular weight is 351 g/mol. The van der Waals surface area contributed by atoms with Crippen molar-refractivity contribution in [1.82, 2.24) is 9.55 Å². The molecule has 5 heteroatoms. The highest BCUT2D eigenvalue weighted by Crippen LogP contribution is 2.32. The van der Waals surface area contributed by atoms with Crippen molar-refractivity contribution in [2.75, 3.05) is 0 Å².